The second-order valence-electron chi connectivity index (χ2n) is 3.44. The van der Waals surface area contributed by atoms with E-state index in [9.17, 15) is 4.79 Å². The lowest BCUT2D eigenvalue weighted by atomic mass is 10.3. The second-order valence-corrected chi connectivity index (χ2v) is 4.29. The van der Waals surface area contributed by atoms with Crippen LogP contribution in [0.1, 0.15) is 29.2 Å². The number of carbonyl (C=O) groups excluding carboxylic acids is 1. The molecule has 1 aromatic heterocycles. The smallest absolute Gasteiger partial charge is 0.263 e. The summed E-state index contributed by atoms with van der Waals surface area (Å²) in [6.45, 7) is 7.49. The molecule has 1 heterocycles. The zero-order valence-corrected chi connectivity index (χ0v) is 12.6. The Morgan fingerprint density at radius 2 is 2.18 bits per heavy atom. The van der Waals surface area contributed by atoms with E-state index in [1.807, 2.05) is 20.8 Å². The van der Waals surface area contributed by atoms with Gasteiger partial charge in [-0.2, -0.15) is 0 Å². The van der Waals surface area contributed by atoms with E-state index in [0.717, 1.165) is 12.2 Å². The van der Waals surface area contributed by atoms with Crippen LogP contribution in [-0.4, -0.2) is 30.0 Å². The lowest BCUT2D eigenvalue weighted by molar-refractivity contribution is 0.0953. The van der Waals surface area contributed by atoms with Crippen molar-refractivity contribution in [3.8, 4) is 0 Å². The predicted molar refractivity (Wildman–Crippen MR) is 76.8 cm³/mol. The average molecular weight is 300 g/mol. The topological polar surface area (TPSA) is 54.0 Å². The highest BCUT2D eigenvalue weighted by Crippen LogP contribution is 2.11. The first kappa shape index (κ1) is 19.0. The Bertz CT molecular complexity index is 333. The van der Waals surface area contributed by atoms with Crippen LogP contribution < -0.4 is 10.6 Å². The van der Waals surface area contributed by atoms with Crippen molar-refractivity contribution in [1.29, 1.82) is 0 Å². The molecule has 0 unspecified atom stereocenters. The molecule has 0 aliphatic rings. The number of nitrogens with one attached hydrogen (secondary N) is 2. The molecule has 17 heavy (non-hydrogen) atoms. The molecule has 0 radical (unpaired) electrons. The summed E-state index contributed by atoms with van der Waals surface area (Å²) in [5, 5.41) is 6.11. The molecule has 100 valence electrons. The molecule has 4 nitrogen and oxygen atoms in total. The van der Waals surface area contributed by atoms with Gasteiger partial charge in [-0.1, -0.05) is 6.92 Å². The SMILES string of the molecule is CCN[C@H](C)CNC(=O)c1scnc1C.Cl.Cl. The minimum atomic E-state index is -0.0280. The molecule has 0 aliphatic carbocycles. The van der Waals surface area contributed by atoms with Crippen LogP contribution in [0.25, 0.3) is 0 Å². The van der Waals surface area contributed by atoms with E-state index in [1.54, 1.807) is 5.51 Å². The van der Waals surface area contributed by atoms with Crippen molar-refractivity contribution < 1.29 is 4.79 Å². The summed E-state index contributed by atoms with van der Waals surface area (Å²) in [6.07, 6.45) is 0. The summed E-state index contributed by atoms with van der Waals surface area (Å²) in [5.74, 6) is -0.0280. The summed E-state index contributed by atoms with van der Waals surface area (Å²) in [7, 11) is 0. The Morgan fingerprint density at radius 3 is 2.65 bits per heavy atom. The molecule has 1 amide bonds. The number of thiazole rings is 1. The van der Waals surface area contributed by atoms with Crippen molar-refractivity contribution in [2.45, 2.75) is 26.8 Å². The third-order valence-electron chi connectivity index (χ3n) is 2.07. The molecule has 0 aliphatic heterocycles. The Kier molecular flexibility index (Phi) is 10.8. The number of aromatic nitrogens is 1. The summed E-state index contributed by atoms with van der Waals surface area (Å²) in [4.78, 5) is 16.4. The first-order chi connectivity index (χ1) is 7.15. The highest BCUT2D eigenvalue weighted by atomic mass is 35.5. The molecule has 1 atom stereocenters. The number of halogens is 2. The number of hydrogen-bond acceptors (Lipinski definition) is 4. The molecule has 0 saturated carbocycles. The minimum absolute atomic E-state index is 0. The molecule has 7 heteroatoms. The van der Waals surface area contributed by atoms with Crippen LogP contribution in [0.3, 0.4) is 0 Å². The van der Waals surface area contributed by atoms with Gasteiger partial charge in [0.1, 0.15) is 4.88 Å². The first-order valence-corrected chi connectivity index (χ1v) is 5.94. The number of nitrogens with zero attached hydrogens (tertiary/aromatic N) is 1. The van der Waals surface area contributed by atoms with Gasteiger partial charge in [-0.25, -0.2) is 4.98 Å². The number of aryl methyl sites for hydroxylation is 1. The Labute approximate surface area is 118 Å². The summed E-state index contributed by atoms with van der Waals surface area (Å²) >= 11 is 1.38. The maximum absolute atomic E-state index is 11.7. The molecule has 2 N–H and O–H groups in total. The van der Waals surface area contributed by atoms with Crippen LogP contribution in [-0.2, 0) is 0 Å². The van der Waals surface area contributed by atoms with E-state index in [0.29, 0.717) is 17.5 Å². The largest absolute Gasteiger partial charge is 0.350 e. The summed E-state index contributed by atoms with van der Waals surface area (Å²) < 4.78 is 0. The fourth-order valence-electron chi connectivity index (χ4n) is 1.27. The fourth-order valence-corrected chi connectivity index (χ4v) is 1.99. The van der Waals surface area contributed by atoms with Crippen LogP contribution in [0, 0.1) is 6.92 Å². The van der Waals surface area contributed by atoms with Gasteiger partial charge in [-0.15, -0.1) is 36.2 Å². The van der Waals surface area contributed by atoms with Crippen molar-refractivity contribution in [2.75, 3.05) is 13.1 Å². The molecule has 0 spiro atoms. The van der Waals surface area contributed by atoms with Crippen molar-refractivity contribution in [1.82, 2.24) is 15.6 Å². The maximum atomic E-state index is 11.7. The lowest BCUT2D eigenvalue weighted by Gasteiger charge is -2.12. The second kappa shape index (κ2) is 9.65. The standard InChI is InChI=1S/C10H17N3OS.2ClH/c1-4-11-7(2)5-12-10(14)9-8(3)13-6-15-9;;/h6-7,11H,4-5H2,1-3H3,(H,12,14);2*1H/t7-;;/m1../s1. The number of hydrogen-bond donors (Lipinski definition) is 2. The van der Waals surface area contributed by atoms with Gasteiger partial charge in [0.05, 0.1) is 11.2 Å². The lowest BCUT2D eigenvalue weighted by Crippen LogP contribution is -2.38. The highest BCUT2D eigenvalue weighted by Gasteiger charge is 2.11. The van der Waals surface area contributed by atoms with Crippen LogP contribution in [0.15, 0.2) is 5.51 Å². The van der Waals surface area contributed by atoms with Gasteiger partial charge < -0.3 is 10.6 Å². The Balaban J connectivity index is 0. The number of carbonyl (C=O) groups is 1. The molecule has 1 rings (SSSR count). The Hall–Kier alpha value is -0.360. The van der Waals surface area contributed by atoms with E-state index >= 15 is 0 Å². The Morgan fingerprint density at radius 1 is 1.53 bits per heavy atom. The van der Waals surface area contributed by atoms with Crippen molar-refractivity contribution in [3.05, 3.63) is 16.1 Å². The molecule has 0 aromatic carbocycles. The van der Waals surface area contributed by atoms with Crippen LogP contribution in [0.2, 0.25) is 0 Å². The zero-order chi connectivity index (χ0) is 11.3. The van der Waals surface area contributed by atoms with Gasteiger partial charge in [0.15, 0.2) is 0 Å². The van der Waals surface area contributed by atoms with E-state index in [1.165, 1.54) is 11.3 Å². The first-order valence-electron chi connectivity index (χ1n) is 5.06. The number of likely N-dealkylation sites (N-methyl/N-ethyl adjacent to an activating group) is 1. The highest BCUT2D eigenvalue weighted by molar-refractivity contribution is 7.11. The normalized spacial score (nSPS) is 11.0. The number of rotatable bonds is 5. The quantitative estimate of drug-likeness (QED) is 0.875. The number of amides is 1. The van der Waals surface area contributed by atoms with Crippen molar-refractivity contribution in [2.24, 2.45) is 0 Å². The predicted octanol–water partition coefficient (Wildman–Crippen LogP) is 2.02. The van der Waals surface area contributed by atoms with E-state index < -0.39 is 0 Å². The van der Waals surface area contributed by atoms with Crippen LogP contribution in [0.4, 0.5) is 0 Å². The summed E-state index contributed by atoms with van der Waals surface area (Å²) in [6, 6.07) is 0.298. The molecule has 0 bridgehead atoms. The molecular formula is C10H19Cl2N3OS. The fraction of sp³-hybridized carbons (Fsp3) is 0.600. The van der Waals surface area contributed by atoms with Crippen LogP contribution >= 0.6 is 36.2 Å². The van der Waals surface area contributed by atoms with Gasteiger partial charge in [0, 0.05) is 12.6 Å². The molecule has 0 saturated heterocycles. The zero-order valence-electron chi connectivity index (χ0n) is 10.1. The van der Waals surface area contributed by atoms with Crippen molar-refractivity contribution >= 4 is 42.1 Å². The summed E-state index contributed by atoms with van der Waals surface area (Å²) in [5.41, 5.74) is 2.49. The van der Waals surface area contributed by atoms with E-state index in [4.69, 9.17) is 0 Å². The van der Waals surface area contributed by atoms with Crippen LogP contribution in [0.5, 0.6) is 0 Å². The van der Waals surface area contributed by atoms with Gasteiger partial charge in [0.2, 0.25) is 0 Å². The average Bonchev–Trinajstić information content (AvgIpc) is 2.61. The van der Waals surface area contributed by atoms with Crippen molar-refractivity contribution in [3.63, 3.8) is 0 Å². The molecule has 1 aromatic rings. The third-order valence-corrected chi connectivity index (χ3v) is 3.00. The van der Waals surface area contributed by atoms with Gasteiger partial charge in [0.25, 0.3) is 5.91 Å². The maximum Gasteiger partial charge on any atom is 0.263 e. The van der Waals surface area contributed by atoms with Gasteiger partial charge >= 0.3 is 0 Å². The third kappa shape index (κ3) is 6.21. The van der Waals surface area contributed by atoms with E-state index in [2.05, 4.69) is 15.6 Å². The van der Waals surface area contributed by atoms with Gasteiger partial charge in [-0.05, 0) is 20.4 Å². The minimum Gasteiger partial charge on any atom is -0.350 e. The molecule has 0 fully saturated rings. The molecular weight excluding hydrogens is 281 g/mol. The monoisotopic (exact) mass is 299 g/mol. The van der Waals surface area contributed by atoms with E-state index in [-0.39, 0.29) is 30.7 Å². The van der Waals surface area contributed by atoms with Gasteiger partial charge in [-0.3, -0.25) is 4.79 Å².